The molecule has 0 bridgehead atoms. The van der Waals surface area contributed by atoms with Gasteiger partial charge in [-0.3, -0.25) is 18.6 Å². The maximum Gasteiger partial charge on any atom is 0.472 e. The standard InChI is InChI=1S/C41H73O10P/c1-3-5-7-9-11-13-15-17-19-21-23-25-27-29-31-33-41(45)51-39(37-50-52(46,47)49-35-38(43)34-42)36-48-40(44)32-30-28-26-24-22-20-18-16-14-12-10-8-6-4-2/h10,12-13,15-19,38-39,42-43H,3-9,11,14,20-37H2,1-2H3,(H,46,47)/b12-10+,15-13+,18-16+,19-17+/t38-,39+/m0/s1. The maximum absolute atomic E-state index is 12.6. The molecule has 1 unspecified atom stereocenters. The lowest BCUT2D eigenvalue weighted by molar-refractivity contribution is -0.161. The number of ether oxygens (including phenoxy) is 2. The number of hydrogen-bond donors (Lipinski definition) is 3. The third kappa shape index (κ3) is 36.3. The first-order chi connectivity index (χ1) is 25.2. The van der Waals surface area contributed by atoms with E-state index in [2.05, 4.69) is 67.0 Å². The van der Waals surface area contributed by atoms with E-state index in [-0.39, 0.29) is 19.4 Å². The van der Waals surface area contributed by atoms with Gasteiger partial charge in [-0.1, -0.05) is 133 Å². The molecular weight excluding hydrogens is 683 g/mol. The third-order valence-corrected chi connectivity index (χ3v) is 9.18. The van der Waals surface area contributed by atoms with Crippen LogP contribution in [0.25, 0.3) is 0 Å². The second kappa shape index (κ2) is 37.3. The molecule has 3 atom stereocenters. The molecule has 0 radical (unpaired) electrons. The van der Waals surface area contributed by atoms with Gasteiger partial charge in [-0.05, 0) is 64.2 Å². The van der Waals surface area contributed by atoms with Crippen molar-refractivity contribution in [1.29, 1.82) is 0 Å². The summed E-state index contributed by atoms with van der Waals surface area (Å²) in [7, 11) is -4.62. The number of phosphoric acid groups is 1. The summed E-state index contributed by atoms with van der Waals surface area (Å²) in [4.78, 5) is 34.9. The Morgan fingerprint density at radius 2 is 1.08 bits per heavy atom. The predicted molar refractivity (Wildman–Crippen MR) is 210 cm³/mol. The average molecular weight is 757 g/mol. The Bertz CT molecular complexity index is 1010. The first kappa shape index (κ1) is 49.9. The second-order valence-corrected chi connectivity index (χ2v) is 14.8. The molecule has 0 aromatic rings. The van der Waals surface area contributed by atoms with E-state index in [0.29, 0.717) is 12.8 Å². The molecule has 0 fully saturated rings. The zero-order valence-electron chi connectivity index (χ0n) is 32.5. The van der Waals surface area contributed by atoms with Gasteiger partial charge in [-0.2, -0.15) is 0 Å². The number of aliphatic hydroxyl groups excluding tert-OH is 2. The van der Waals surface area contributed by atoms with Crippen molar-refractivity contribution in [3.63, 3.8) is 0 Å². The van der Waals surface area contributed by atoms with Gasteiger partial charge in [0.2, 0.25) is 0 Å². The highest BCUT2D eigenvalue weighted by atomic mass is 31.2. The summed E-state index contributed by atoms with van der Waals surface area (Å²) in [5.41, 5.74) is 0. The Balaban J connectivity index is 4.41. The highest BCUT2D eigenvalue weighted by molar-refractivity contribution is 7.47. The molecular formula is C41H73O10P. The molecule has 11 heteroatoms. The van der Waals surface area contributed by atoms with Gasteiger partial charge in [0.15, 0.2) is 6.10 Å². The number of aliphatic hydroxyl groups is 2. The summed E-state index contributed by atoms with van der Waals surface area (Å²) in [5, 5.41) is 18.3. The molecule has 0 aliphatic heterocycles. The summed E-state index contributed by atoms with van der Waals surface area (Å²) >= 11 is 0. The Morgan fingerprint density at radius 3 is 1.65 bits per heavy atom. The Kier molecular flexibility index (Phi) is 35.8. The van der Waals surface area contributed by atoms with E-state index in [0.717, 1.165) is 83.5 Å². The van der Waals surface area contributed by atoms with E-state index >= 15 is 0 Å². The van der Waals surface area contributed by atoms with Crippen LogP contribution in [-0.4, -0.2) is 65.7 Å². The largest absolute Gasteiger partial charge is 0.472 e. The number of allylic oxidation sites excluding steroid dienone is 8. The second-order valence-electron chi connectivity index (χ2n) is 13.3. The van der Waals surface area contributed by atoms with Gasteiger partial charge in [-0.25, -0.2) is 4.57 Å². The average Bonchev–Trinajstić information content (AvgIpc) is 3.13. The minimum Gasteiger partial charge on any atom is -0.462 e. The molecule has 0 saturated carbocycles. The van der Waals surface area contributed by atoms with Crippen LogP contribution in [0, 0.1) is 0 Å². The zero-order chi connectivity index (χ0) is 38.4. The molecule has 0 amide bonds. The lowest BCUT2D eigenvalue weighted by atomic mass is 10.1. The van der Waals surface area contributed by atoms with Crippen LogP contribution in [0.3, 0.4) is 0 Å². The fourth-order valence-corrected chi connectivity index (χ4v) is 5.85. The van der Waals surface area contributed by atoms with Crippen molar-refractivity contribution in [3.8, 4) is 0 Å². The highest BCUT2D eigenvalue weighted by Gasteiger charge is 2.27. The molecule has 3 N–H and O–H groups in total. The van der Waals surface area contributed by atoms with Gasteiger partial charge in [0.25, 0.3) is 0 Å². The van der Waals surface area contributed by atoms with Gasteiger partial charge in [0.1, 0.15) is 12.7 Å². The number of hydrogen-bond acceptors (Lipinski definition) is 9. The number of rotatable bonds is 37. The molecule has 0 heterocycles. The summed E-state index contributed by atoms with van der Waals surface area (Å²) in [5.74, 6) is -0.963. The Morgan fingerprint density at radius 1 is 0.596 bits per heavy atom. The molecule has 52 heavy (non-hydrogen) atoms. The van der Waals surface area contributed by atoms with Crippen molar-refractivity contribution in [3.05, 3.63) is 48.6 Å². The lowest BCUT2D eigenvalue weighted by Crippen LogP contribution is -2.29. The van der Waals surface area contributed by atoms with Gasteiger partial charge in [0, 0.05) is 12.8 Å². The van der Waals surface area contributed by atoms with E-state index in [9.17, 15) is 24.2 Å². The van der Waals surface area contributed by atoms with Crippen LogP contribution in [0.4, 0.5) is 0 Å². The van der Waals surface area contributed by atoms with Crippen molar-refractivity contribution >= 4 is 19.8 Å². The van der Waals surface area contributed by atoms with Crippen LogP contribution in [0.1, 0.15) is 162 Å². The van der Waals surface area contributed by atoms with Crippen molar-refractivity contribution in [2.24, 2.45) is 0 Å². The van der Waals surface area contributed by atoms with Crippen LogP contribution in [-0.2, 0) is 32.7 Å². The molecule has 0 spiro atoms. The quantitative estimate of drug-likeness (QED) is 0.0184. The SMILES string of the molecule is CCCC/C=C/C/C=C/CCCCCCCC(=O)OC[C@H](COP(=O)(O)OC[C@@H](O)CO)OC(=O)CCCCCCC/C=C/C=C/CCCCCC. The van der Waals surface area contributed by atoms with E-state index in [4.69, 9.17) is 19.1 Å². The molecule has 0 saturated heterocycles. The minimum absolute atomic E-state index is 0.162. The lowest BCUT2D eigenvalue weighted by Gasteiger charge is -2.20. The predicted octanol–water partition coefficient (Wildman–Crippen LogP) is 10.2. The molecule has 10 nitrogen and oxygen atoms in total. The van der Waals surface area contributed by atoms with E-state index in [1.165, 1.54) is 38.5 Å². The summed E-state index contributed by atoms with van der Waals surface area (Å²) in [6.45, 7) is 2.27. The number of carbonyl (C=O) groups excluding carboxylic acids is 2. The Labute approximate surface area is 315 Å². The first-order valence-corrected chi connectivity index (χ1v) is 21.6. The van der Waals surface area contributed by atoms with E-state index in [1.54, 1.807) is 0 Å². The monoisotopic (exact) mass is 756 g/mol. The summed E-state index contributed by atoms with van der Waals surface area (Å²) < 4.78 is 32.6. The van der Waals surface area contributed by atoms with Crippen molar-refractivity contribution < 1.29 is 47.8 Å². The number of unbranched alkanes of at least 4 members (excludes halogenated alkanes) is 16. The van der Waals surface area contributed by atoms with Gasteiger partial charge >= 0.3 is 19.8 Å². The van der Waals surface area contributed by atoms with Crippen LogP contribution >= 0.6 is 7.82 Å². The van der Waals surface area contributed by atoms with Gasteiger partial charge < -0.3 is 24.6 Å². The van der Waals surface area contributed by atoms with Crippen molar-refractivity contribution in [1.82, 2.24) is 0 Å². The number of carbonyl (C=O) groups is 2. The normalized spacial score (nSPS) is 14.5. The smallest absolute Gasteiger partial charge is 0.462 e. The molecule has 0 rings (SSSR count). The fraction of sp³-hybridized carbons (Fsp3) is 0.756. The molecule has 0 aliphatic rings. The summed E-state index contributed by atoms with van der Waals surface area (Å²) in [6, 6.07) is 0. The van der Waals surface area contributed by atoms with Gasteiger partial charge in [0.05, 0.1) is 19.8 Å². The highest BCUT2D eigenvalue weighted by Crippen LogP contribution is 2.43. The third-order valence-electron chi connectivity index (χ3n) is 8.23. The number of phosphoric ester groups is 1. The van der Waals surface area contributed by atoms with Crippen molar-refractivity contribution in [2.75, 3.05) is 26.4 Å². The van der Waals surface area contributed by atoms with E-state index < -0.39 is 51.8 Å². The van der Waals surface area contributed by atoms with Crippen LogP contribution in [0.15, 0.2) is 48.6 Å². The van der Waals surface area contributed by atoms with Crippen LogP contribution in [0.5, 0.6) is 0 Å². The molecule has 0 aromatic heterocycles. The van der Waals surface area contributed by atoms with Gasteiger partial charge in [-0.15, -0.1) is 0 Å². The maximum atomic E-state index is 12.6. The fourth-order valence-electron chi connectivity index (χ4n) is 5.06. The topological polar surface area (TPSA) is 149 Å². The molecule has 0 aliphatic carbocycles. The minimum atomic E-state index is -4.62. The Hall–Kier alpha value is -2.07. The first-order valence-electron chi connectivity index (χ1n) is 20.1. The summed E-state index contributed by atoms with van der Waals surface area (Å²) in [6.07, 6.45) is 37.9. The molecule has 302 valence electrons. The van der Waals surface area contributed by atoms with Crippen LogP contribution < -0.4 is 0 Å². The molecule has 0 aromatic carbocycles. The van der Waals surface area contributed by atoms with E-state index in [1.807, 2.05) is 0 Å². The van der Waals surface area contributed by atoms with Crippen LogP contribution in [0.2, 0.25) is 0 Å². The van der Waals surface area contributed by atoms with Crippen molar-refractivity contribution in [2.45, 2.75) is 174 Å². The number of esters is 2. The zero-order valence-corrected chi connectivity index (χ0v) is 33.4.